The number of H-pyrrole nitrogens is 1. The number of aryl methyl sites for hydroxylation is 1. The molecule has 21 heavy (non-hydrogen) atoms. The van der Waals surface area contributed by atoms with Crippen molar-refractivity contribution in [2.24, 2.45) is 7.05 Å². The summed E-state index contributed by atoms with van der Waals surface area (Å²) in [5, 5.41) is 10.6. The third-order valence-electron chi connectivity index (χ3n) is 3.10. The Kier molecular flexibility index (Phi) is 4.58. The van der Waals surface area contributed by atoms with Gasteiger partial charge in [-0.3, -0.25) is 4.57 Å². The van der Waals surface area contributed by atoms with Crippen molar-refractivity contribution in [3.63, 3.8) is 0 Å². The van der Waals surface area contributed by atoms with Crippen LogP contribution in [0.3, 0.4) is 0 Å². The molecule has 5 nitrogen and oxygen atoms in total. The summed E-state index contributed by atoms with van der Waals surface area (Å²) in [4.78, 5) is 12.5. The molecule has 2 N–H and O–H groups in total. The molecule has 0 fully saturated rings. The SMILES string of the molecule is Cc1cc(CNC(C)(C)C)ccc1Sc1n[nH]c(=O)n1C. The molecular formula is C15H22N4OS. The molecule has 0 bridgehead atoms. The Morgan fingerprint density at radius 3 is 2.62 bits per heavy atom. The molecule has 0 unspecified atom stereocenters. The van der Waals surface area contributed by atoms with Gasteiger partial charge in [-0.2, -0.15) is 0 Å². The second kappa shape index (κ2) is 6.07. The first-order valence-electron chi connectivity index (χ1n) is 6.90. The number of aromatic nitrogens is 3. The van der Waals surface area contributed by atoms with Gasteiger partial charge < -0.3 is 5.32 Å². The maximum atomic E-state index is 11.4. The Morgan fingerprint density at radius 1 is 1.38 bits per heavy atom. The monoisotopic (exact) mass is 306 g/mol. The zero-order valence-electron chi connectivity index (χ0n) is 13.2. The van der Waals surface area contributed by atoms with Crippen LogP contribution in [0, 0.1) is 6.92 Å². The molecule has 0 aliphatic heterocycles. The summed E-state index contributed by atoms with van der Waals surface area (Å²) in [6.07, 6.45) is 0. The molecule has 2 rings (SSSR count). The quantitative estimate of drug-likeness (QED) is 0.911. The molecular weight excluding hydrogens is 284 g/mol. The van der Waals surface area contributed by atoms with E-state index >= 15 is 0 Å². The van der Waals surface area contributed by atoms with Crippen molar-refractivity contribution in [1.82, 2.24) is 20.1 Å². The molecule has 0 aliphatic carbocycles. The molecule has 6 heteroatoms. The van der Waals surface area contributed by atoms with Gasteiger partial charge in [0.2, 0.25) is 0 Å². The minimum Gasteiger partial charge on any atom is -0.308 e. The molecule has 2 aromatic rings. The summed E-state index contributed by atoms with van der Waals surface area (Å²) in [6, 6.07) is 6.36. The van der Waals surface area contributed by atoms with Crippen LogP contribution in [-0.4, -0.2) is 20.3 Å². The van der Waals surface area contributed by atoms with Crippen LogP contribution in [0.4, 0.5) is 0 Å². The lowest BCUT2D eigenvalue weighted by molar-refractivity contribution is 0.424. The lowest BCUT2D eigenvalue weighted by atomic mass is 10.1. The van der Waals surface area contributed by atoms with Gasteiger partial charge in [-0.05, 0) is 56.7 Å². The van der Waals surface area contributed by atoms with Crippen LogP contribution >= 0.6 is 11.8 Å². The van der Waals surface area contributed by atoms with Crippen molar-refractivity contribution >= 4 is 11.8 Å². The van der Waals surface area contributed by atoms with Crippen molar-refractivity contribution in [2.45, 2.75) is 49.8 Å². The predicted octanol–water partition coefficient (Wildman–Crippen LogP) is 2.46. The van der Waals surface area contributed by atoms with Gasteiger partial charge in [-0.1, -0.05) is 12.1 Å². The lowest BCUT2D eigenvalue weighted by Gasteiger charge is -2.20. The van der Waals surface area contributed by atoms with Crippen LogP contribution in [0.25, 0.3) is 0 Å². The van der Waals surface area contributed by atoms with Crippen LogP contribution in [-0.2, 0) is 13.6 Å². The fourth-order valence-corrected chi connectivity index (χ4v) is 2.69. The van der Waals surface area contributed by atoms with Gasteiger partial charge in [0.1, 0.15) is 0 Å². The van der Waals surface area contributed by atoms with E-state index in [0.29, 0.717) is 5.16 Å². The molecule has 1 aromatic heterocycles. The third kappa shape index (κ3) is 4.22. The van der Waals surface area contributed by atoms with Crippen molar-refractivity contribution in [1.29, 1.82) is 0 Å². The van der Waals surface area contributed by atoms with E-state index < -0.39 is 0 Å². The number of benzene rings is 1. The second-order valence-corrected chi connectivity index (χ2v) is 7.18. The third-order valence-corrected chi connectivity index (χ3v) is 4.33. The molecule has 0 saturated heterocycles. The van der Waals surface area contributed by atoms with E-state index in [9.17, 15) is 4.79 Å². The second-order valence-electron chi connectivity index (χ2n) is 6.18. The highest BCUT2D eigenvalue weighted by Gasteiger charge is 2.11. The van der Waals surface area contributed by atoms with E-state index in [1.807, 2.05) is 0 Å². The summed E-state index contributed by atoms with van der Waals surface area (Å²) in [7, 11) is 1.71. The van der Waals surface area contributed by atoms with Crippen LogP contribution in [0.5, 0.6) is 0 Å². The standard InChI is InChI=1S/C15H22N4OS/c1-10-8-11(9-16-15(2,3)4)6-7-12(10)21-14-18-17-13(20)19(14)5/h6-8,16H,9H2,1-5H3,(H,17,20). The number of nitrogens with one attached hydrogen (secondary N) is 2. The average molecular weight is 306 g/mol. The summed E-state index contributed by atoms with van der Waals surface area (Å²) >= 11 is 1.49. The van der Waals surface area contributed by atoms with Gasteiger partial charge in [0.05, 0.1) is 0 Å². The first kappa shape index (κ1) is 15.9. The summed E-state index contributed by atoms with van der Waals surface area (Å²) in [6.45, 7) is 9.39. The number of rotatable bonds is 4. The molecule has 0 radical (unpaired) electrons. The predicted molar refractivity (Wildman–Crippen MR) is 85.7 cm³/mol. The summed E-state index contributed by atoms with van der Waals surface area (Å²) in [5.74, 6) is 0. The topological polar surface area (TPSA) is 62.7 Å². The number of aromatic amines is 1. The minimum absolute atomic E-state index is 0.106. The van der Waals surface area contributed by atoms with Gasteiger partial charge in [0.25, 0.3) is 0 Å². The fraction of sp³-hybridized carbons (Fsp3) is 0.467. The summed E-state index contributed by atoms with van der Waals surface area (Å²) < 4.78 is 1.51. The van der Waals surface area contributed by atoms with Crippen molar-refractivity contribution < 1.29 is 0 Å². The Morgan fingerprint density at radius 2 is 2.10 bits per heavy atom. The van der Waals surface area contributed by atoms with E-state index in [4.69, 9.17) is 0 Å². The van der Waals surface area contributed by atoms with Gasteiger partial charge in [0, 0.05) is 24.0 Å². The van der Waals surface area contributed by atoms with Crippen LogP contribution in [0.15, 0.2) is 33.0 Å². The van der Waals surface area contributed by atoms with Gasteiger partial charge in [0.15, 0.2) is 5.16 Å². The lowest BCUT2D eigenvalue weighted by Crippen LogP contribution is -2.35. The highest BCUT2D eigenvalue weighted by Crippen LogP contribution is 2.28. The molecule has 0 amide bonds. The largest absolute Gasteiger partial charge is 0.343 e. The van der Waals surface area contributed by atoms with E-state index in [1.165, 1.54) is 27.5 Å². The van der Waals surface area contributed by atoms with E-state index in [1.54, 1.807) is 7.05 Å². The van der Waals surface area contributed by atoms with Crippen molar-refractivity contribution in [2.75, 3.05) is 0 Å². The minimum atomic E-state index is -0.193. The number of nitrogens with zero attached hydrogens (tertiary/aromatic N) is 2. The average Bonchev–Trinajstić information content (AvgIpc) is 2.70. The highest BCUT2D eigenvalue weighted by molar-refractivity contribution is 7.99. The Bertz CT molecular complexity index is 682. The Labute approximate surface area is 129 Å². The normalized spacial score (nSPS) is 11.9. The van der Waals surface area contributed by atoms with Gasteiger partial charge in [-0.25, -0.2) is 9.89 Å². The number of hydrogen-bond donors (Lipinski definition) is 2. The zero-order valence-corrected chi connectivity index (χ0v) is 14.0. The smallest absolute Gasteiger partial charge is 0.308 e. The maximum Gasteiger partial charge on any atom is 0.343 e. The highest BCUT2D eigenvalue weighted by atomic mass is 32.2. The molecule has 1 heterocycles. The van der Waals surface area contributed by atoms with Crippen molar-refractivity contribution in [3.05, 3.63) is 39.8 Å². The molecule has 0 spiro atoms. The molecule has 0 aliphatic rings. The van der Waals surface area contributed by atoms with Crippen LogP contribution in [0.2, 0.25) is 0 Å². The van der Waals surface area contributed by atoms with Crippen LogP contribution < -0.4 is 11.0 Å². The van der Waals surface area contributed by atoms with E-state index in [2.05, 4.69) is 61.4 Å². The van der Waals surface area contributed by atoms with E-state index in [0.717, 1.165) is 11.4 Å². The van der Waals surface area contributed by atoms with E-state index in [-0.39, 0.29) is 11.2 Å². The molecule has 1 aromatic carbocycles. The first-order valence-corrected chi connectivity index (χ1v) is 7.72. The Balaban J connectivity index is 2.12. The molecule has 114 valence electrons. The maximum absolute atomic E-state index is 11.4. The Hall–Kier alpha value is -1.53. The van der Waals surface area contributed by atoms with Gasteiger partial charge in [-0.15, -0.1) is 5.10 Å². The summed E-state index contributed by atoms with van der Waals surface area (Å²) in [5.41, 5.74) is 2.35. The fourth-order valence-electron chi connectivity index (χ4n) is 1.83. The zero-order chi connectivity index (χ0) is 15.6. The van der Waals surface area contributed by atoms with Crippen LogP contribution in [0.1, 0.15) is 31.9 Å². The number of hydrogen-bond acceptors (Lipinski definition) is 4. The molecule has 0 atom stereocenters. The van der Waals surface area contributed by atoms with Crippen molar-refractivity contribution in [3.8, 4) is 0 Å². The first-order chi connectivity index (χ1) is 9.76. The molecule has 0 saturated carbocycles. The van der Waals surface area contributed by atoms with Gasteiger partial charge >= 0.3 is 5.69 Å².